The maximum absolute atomic E-state index is 13.0. The Hall–Kier alpha value is -3.17. The number of thioether (sulfide) groups is 1. The van der Waals surface area contributed by atoms with Crippen molar-refractivity contribution in [3.8, 4) is 0 Å². The van der Waals surface area contributed by atoms with Crippen LogP contribution in [0.4, 0.5) is 11.4 Å². The second kappa shape index (κ2) is 11.4. The lowest BCUT2D eigenvalue weighted by Gasteiger charge is -2.13. The number of nitrogens with one attached hydrogen (secondary N) is 2. The maximum Gasteiger partial charge on any atom is 0.262 e. The van der Waals surface area contributed by atoms with Crippen LogP contribution in [0.3, 0.4) is 0 Å². The summed E-state index contributed by atoms with van der Waals surface area (Å²) in [5.41, 5.74) is 1.65. The number of benzene rings is 2. The van der Waals surface area contributed by atoms with Gasteiger partial charge in [-0.1, -0.05) is 30.0 Å². The van der Waals surface area contributed by atoms with Gasteiger partial charge in [-0.3, -0.25) is 19.0 Å². The molecular weight excluding hydrogens is 428 g/mol. The molecule has 0 saturated carbocycles. The molecule has 2 N–H and O–H groups in total. The summed E-state index contributed by atoms with van der Waals surface area (Å²) >= 11 is 1.21. The average molecular weight is 455 g/mol. The number of carbonyl (C=O) groups is 2. The summed E-state index contributed by atoms with van der Waals surface area (Å²) in [4.78, 5) is 41.4. The van der Waals surface area contributed by atoms with Crippen LogP contribution in [0.15, 0.2) is 58.5 Å². The van der Waals surface area contributed by atoms with Crippen LogP contribution in [0.5, 0.6) is 0 Å². The number of amides is 2. The average Bonchev–Trinajstić information content (AvgIpc) is 2.76. The second-order valence-electron chi connectivity index (χ2n) is 7.02. The summed E-state index contributed by atoms with van der Waals surface area (Å²) in [5, 5.41) is 6.53. The highest BCUT2D eigenvalue weighted by Crippen LogP contribution is 2.20. The van der Waals surface area contributed by atoms with E-state index in [2.05, 4.69) is 15.6 Å². The van der Waals surface area contributed by atoms with E-state index in [1.165, 1.54) is 18.7 Å². The van der Waals surface area contributed by atoms with Gasteiger partial charge in [0.2, 0.25) is 11.8 Å². The molecule has 1 heterocycles. The zero-order valence-electron chi connectivity index (χ0n) is 18.1. The highest BCUT2D eigenvalue weighted by molar-refractivity contribution is 7.99. The lowest BCUT2D eigenvalue weighted by Crippen LogP contribution is -2.25. The molecule has 0 aliphatic rings. The fourth-order valence-corrected chi connectivity index (χ4v) is 3.95. The van der Waals surface area contributed by atoms with Crippen molar-refractivity contribution < 1.29 is 14.3 Å². The van der Waals surface area contributed by atoms with Gasteiger partial charge in [0.1, 0.15) is 0 Å². The van der Waals surface area contributed by atoms with E-state index in [-0.39, 0.29) is 23.1 Å². The molecule has 3 rings (SSSR count). The summed E-state index contributed by atoms with van der Waals surface area (Å²) in [5.74, 6) is -0.340. The minimum absolute atomic E-state index is 0.0839. The lowest BCUT2D eigenvalue weighted by atomic mass is 10.2. The van der Waals surface area contributed by atoms with Gasteiger partial charge >= 0.3 is 0 Å². The Morgan fingerprint density at radius 1 is 1.09 bits per heavy atom. The van der Waals surface area contributed by atoms with E-state index in [1.807, 2.05) is 19.1 Å². The highest BCUT2D eigenvalue weighted by Gasteiger charge is 2.13. The topological polar surface area (TPSA) is 102 Å². The number of ether oxygens (including phenoxy) is 1. The van der Waals surface area contributed by atoms with E-state index >= 15 is 0 Å². The van der Waals surface area contributed by atoms with Gasteiger partial charge in [-0.05, 0) is 43.7 Å². The van der Waals surface area contributed by atoms with Crippen LogP contribution in [0.25, 0.3) is 10.9 Å². The third kappa shape index (κ3) is 6.41. The Morgan fingerprint density at radius 2 is 1.84 bits per heavy atom. The van der Waals surface area contributed by atoms with Crippen LogP contribution in [0.2, 0.25) is 0 Å². The quantitative estimate of drug-likeness (QED) is 0.276. The Morgan fingerprint density at radius 3 is 2.59 bits per heavy atom. The van der Waals surface area contributed by atoms with E-state index in [0.29, 0.717) is 53.6 Å². The molecule has 0 spiro atoms. The molecule has 2 amide bonds. The third-order valence-corrected chi connectivity index (χ3v) is 5.48. The van der Waals surface area contributed by atoms with Crippen LogP contribution in [0, 0.1) is 0 Å². The standard InChI is InChI=1S/C23H26N4O4S/c1-3-31-13-7-12-27-22(30)19-10-4-5-11-20(19)26-23(27)32-15-21(29)25-18-9-6-8-17(14-18)24-16(2)28/h4-6,8-11,14H,3,7,12-13,15H2,1-2H3,(H,24,28)(H,25,29). The van der Waals surface area contributed by atoms with E-state index in [1.54, 1.807) is 41.0 Å². The molecule has 0 fully saturated rings. The first-order chi connectivity index (χ1) is 15.5. The Labute approximate surface area is 190 Å². The monoisotopic (exact) mass is 454 g/mol. The van der Waals surface area contributed by atoms with Gasteiger partial charge in [0.05, 0.1) is 16.7 Å². The molecule has 0 bridgehead atoms. The van der Waals surface area contributed by atoms with Crippen molar-refractivity contribution in [2.45, 2.75) is 32.0 Å². The summed E-state index contributed by atoms with van der Waals surface area (Å²) in [6, 6.07) is 14.1. The maximum atomic E-state index is 13.0. The van der Waals surface area contributed by atoms with E-state index in [9.17, 15) is 14.4 Å². The van der Waals surface area contributed by atoms with Crippen LogP contribution >= 0.6 is 11.8 Å². The van der Waals surface area contributed by atoms with Gasteiger partial charge < -0.3 is 15.4 Å². The van der Waals surface area contributed by atoms with Crippen LogP contribution in [-0.4, -0.2) is 40.3 Å². The van der Waals surface area contributed by atoms with Gasteiger partial charge in [-0.2, -0.15) is 0 Å². The van der Waals surface area contributed by atoms with Crippen molar-refractivity contribution in [1.29, 1.82) is 0 Å². The molecular formula is C23H26N4O4S. The largest absolute Gasteiger partial charge is 0.382 e. The SMILES string of the molecule is CCOCCCn1c(SCC(=O)Nc2cccc(NC(C)=O)c2)nc2ccccc2c1=O. The lowest BCUT2D eigenvalue weighted by molar-refractivity contribution is -0.114. The van der Waals surface area contributed by atoms with Crippen molar-refractivity contribution >= 4 is 45.9 Å². The normalized spacial score (nSPS) is 10.8. The number of aromatic nitrogens is 2. The Bertz CT molecular complexity index is 1160. The number of anilines is 2. The van der Waals surface area contributed by atoms with E-state index < -0.39 is 0 Å². The summed E-state index contributed by atoms with van der Waals surface area (Å²) in [6.07, 6.45) is 0.670. The molecule has 2 aromatic carbocycles. The summed E-state index contributed by atoms with van der Waals surface area (Å²) in [6.45, 7) is 4.97. The first-order valence-corrected chi connectivity index (χ1v) is 11.3. The predicted molar refractivity (Wildman–Crippen MR) is 127 cm³/mol. The highest BCUT2D eigenvalue weighted by atomic mass is 32.2. The van der Waals surface area contributed by atoms with Crippen LogP contribution < -0.4 is 16.2 Å². The molecule has 168 valence electrons. The Kier molecular flexibility index (Phi) is 8.41. The molecule has 0 aliphatic carbocycles. The molecule has 0 radical (unpaired) electrons. The fourth-order valence-electron chi connectivity index (χ4n) is 3.13. The minimum Gasteiger partial charge on any atom is -0.382 e. The third-order valence-electron chi connectivity index (χ3n) is 4.50. The predicted octanol–water partition coefficient (Wildman–Crippen LogP) is 3.51. The van der Waals surface area contributed by atoms with Gasteiger partial charge in [-0.15, -0.1) is 0 Å². The van der Waals surface area contributed by atoms with Gasteiger partial charge in [0.25, 0.3) is 5.56 Å². The molecule has 0 atom stereocenters. The zero-order valence-corrected chi connectivity index (χ0v) is 18.9. The Balaban J connectivity index is 1.73. The smallest absolute Gasteiger partial charge is 0.262 e. The first kappa shape index (κ1) is 23.5. The molecule has 9 heteroatoms. The number of hydrogen-bond donors (Lipinski definition) is 2. The number of fused-ring (bicyclic) bond motifs is 1. The van der Waals surface area contributed by atoms with Crippen LogP contribution in [-0.2, 0) is 20.9 Å². The zero-order chi connectivity index (χ0) is 22.9. The van der Waals surface area contributed by atoms with Gasteiger partial charge in [0, 0.05) is 38.1 Å². The minimum atomic E-state index is -0.238. The van der Waals surface area contributed by atoms with Crippen LogP contribution in [0.1, 0.15) is 20.3 Å². The molecule has 0 unspecified atom stereocenters. The van der Waals surface area contributed by atoms with Gasteiger partial charge in [0.15, 0.2) is 5.16 Å². The van der Waals surface area contributed by atoms with E-state index in [4.69, 9.17) is 4.74 Å². The first-order valence-electron chi connectivity index (χ1n) is 10.4. The molecule has 8 nitrogen and oxygen atoms in total. The molecule has 32 heavy (non-hydrogen) atoms. The molecule has 1 aromatic heterocycles. The van der Waals surface area contributed by atoms with Crippen molar-refractivity contribution in [3.05, 3.63) is 58.9 Å². The number of nitrogens with zero attached hydrogens (tertiary/aromatic N) is 2. The van der Waals surface area contributed by atoms with Gasteiger partial charge in [-0.25, -0.2) is 4.98 Å². The van der Waals surface area contributed by atoms with E-state index in [0.717, 1.165) is 0 Å². The number of para-hydroxylation sites is 1. The van der Waals surface area contributed by atoms with Crippen molar-refractivity contribution in [2.24, 2.45) is 0 Å². The summed E-state index contributed by atoms with van der Waals surface area (Å²) in [7, 11) is 0. The van der Waals surface area contributed by atoms with Crippen molar-refractivity contribution in [3.63, 3.8) is 0 Å². The summed E-state index contributed by atoms with van der Waals surface area (Å²) < 4.78 is 7.00. The number of carbonyl (C=O) groups excluding carboxylic acids is 2. The molecule has 0 saturated heterocycles. The fraction of sp³-hybridized carbons (Fsp3) is 0.304. The van der Waals surface area contributed by atoms with Crippen molar-refractivity contribution in [2.75, 3.05) is 29.6 Å². The molecule has 0 aliphatic heterocycles. The molecule has 3 aromatic rings. The number of rotatable bonds is 10. The van der Waals surface area contributed by atoms with Crippen molar-refractivity contribution in [1.82, 2.24) is 9.55 Å². The second-order valence-corrected chi connectivity index (χ2v) is 7.96. The number of hydrogen-bond acceptors (Lipinski definition) is 6.